The zero-order valence-electron chi connectivity index (χ0n) is 22.7. The van der Waals surface area contributed by atoms with Gasteiger partial charge >= 0.3 is 6.18 Å². The van der Waals surface area contributed by atoms with Crippen LogP contribution in [0.3, 0.4) is 0 Å². The second kappa shape index (κ2) is 12.6. The first kappa shape index (κ1) is 31.4. The molecule has 1 saturated heterocycles. The van der Waals surface area contributed by atoms with E-state index in [1.807, 2.05) is 4.90 Å². The van der Waals surface area contributed by atoms with Crippen molar-refractivity contribution in [3.63, 3.8) is 0 Å². The number of alkyl halides is 4. The van der Waals surface area contributed by atoms with Crippen molar-refractivity contribution in [1.82, 2.24) is 14.8 Å². The molecule has 0 aliphatic carbocycles. The van der Waals surface area contributed by atoms with Crippen LogP contribution in [0.1, 0.15) is 35.2 Å². The summed E-state index contributed by atoms with van der Waals surface area (Å²) in [6.07, 6.45) is -5.73. The molecule has 13 heteroatoms. The maximum Gasteiger partial charge on any atom is 0.430 e. The number of benzene rings is 1. The number of pyridine rings is 1. The number of rotatable bonds is 9. The molecular weight excluding hydrogens is 556 g/mol. The molecule has 2 unspecified atom stereocenters. The van der Waals surface area contributed by atoms with Crippen LogP contribution in [0, 0.1) is 5.92 Å². The molecule has 220 valence electrons. The molecule has 2 atom stereocenters. The van der Waals surface area contributed by atoms with Crippen molar-refractivity contribution in [3.05, 3.63) is 52.7 Å². The molecule has 1 aromatic carbocycles. The first-order valence-electron chi connectivity index (χ1n) is 12.7. The third-order valence-corrected chi connectivity index (χ3v) is 7.31. The number of carbonyl (C=O) groups is 2. The molecule has 1 aliphatic heterocycles. The summed E-state index contributed by atoms with van der Waals surface area (Å²) >= 11 is 6.21. The summed E-state index contributed by atoms with van der Waals surface area (Å²) in [5, 5.41) is 10.7. The minimum Gasteiger partial charge on any atom is -0.497 e. The summed E-state index contributed by atoms with van der Waals surface area (Å²) in [5.41, 5.74) is -4.29. The van der Waals surface area contributed by atoms with E-state index in [1.165, 1.54) is 24.1 Å². The number of hydrogen-bond acceptors (Lipinski definition) is 6. The summed E-state index contributed by atoms with van der Waals surface area (Å²) in [6.45, 7) is 0.472. The van der Waals surface area contributed by atoms with Gasteiger partial charge in [-0.15, -0.1) is 0 Å². The van der Waals surface area contributed by atoms with E-state index in [0.29, 0.717) is 36.6 Å². The lowest BCUT2D eigenvalue weighted by atomic mass is 9.90. The van der Waals surface area contributed by atoms with Crippen molar-refractivity contribution >= 4 is 29.2 Å². The van der Waals surface area contributed by atoms with Gasteiger partial charge in [-0.25, -0.2) is 9.37 Å². The molecule has 2 aromatic rings. The molecule has 0 radical (unpaired) electrons. The number of aromatic nitrogens is 1. The van der Waals surface area contributed by atoms with Crippen LogP contribution in [-0.2, 0) is 10.4 Å². The van der Waals surface area contributed by atoms with Gasteiger partial charge in [-0.05, 0) is 49.4 Å². The Morgan fingerprint density at radius 3 is 2.38 bits per heavy atom. The molecule has 2 heterocycles. The van der Waals surface area contributed by atoms with Crippen molar-refractivity contribution in [2.75, 3.05) is 52.8 Å². The molecule has 1 fully saturated rings. The van der Waals surface area contributed by atoms with E-state index < -0.39 is 36.0 Å². The summed E-state index contributed by atoms with van der Waals surface area (Å²) in [7, 11) is 5.50. The van der Waals surface area contributed by atoms with Crippen LogP contribution in [0.4, 0.5) is 23.4 Å². The van der Waals surface area contributed by atoms with Crippen LogP contribution in [0.25, 0.3) is 0 Å². The zero-order chi connectivity index (χ0) is 29.8. The van der Waals surface area contributed by atoms with E-state index in [1.54, 1.807) is 26.2 Å². The molecular formula is C27H33ClF4N4O4. The fourth-order valence-electron chi connectivity index (χ4n) is 4.75. The number of anilines is 1. The predicted octanol–water partition coefficient (Wildman–Crippen LogP) is 4.30. The van der Waals surface area contributed by atoms with E-state index in [4.69, 9.17) is 16.3 Å². The monoisotopic (exact) mass is 588 g/mol. The minimum atomic E-state index is -5.35. The summed E-state index contributed by atoms with van der Waals surface area (Å²) in [4.78, 5) is 33.3. The van der Waals surface area contributed by atoms with Gasteiger partial charge in [-0.2, -0.15) is 13.2 Å². The Balaban J connectivity index is 1.60. The molecule has 1 aliphatic rings. The average molecular weight is 589 g/mol. The van der Waals surface area contributed by atoms with Crippen LogP contribution in [-0.4, -0.2) is 91.9 Å². The Morgan fingerprint density at radius 2 is 1.82 bits per heavy atom. The molecule has 1 aromatic heterocycles. The first-order valence-corrected chi connectivity index (χ1v) is 13.0. The number of halogens is 5. The number of likely N-dealkylation sites (N-methyl/N-ethyl adjacent to an activating group) is 1. The fraction of sp³-hybridized carbons (Fsp3) is 0.519. The number of nitrogens with zero attached hydrogens (tertiary/aromatic N) is 4. The third-order valence-electron chi connectivity index (χ3n) is 7.02. The highest BCUT2D eigenvalue weighted by Gasteiger charge is 2.62. The Hall–Kier alpha value is -3.12. The fourth-order valence-corrected chi connectivity index (χ4v) is 4.98. The Bertz CT molecular complexity index is 1210. The number of methoxy groups -OCH3 is 1. The van der Waals surface area contributed by atoms with Gasteiger partial charge < -0.3 is 24.5 Å². The van der Waals surface area contributed by atoms with Crippen molar-refractivity contribution in [2.24, 2.45) is 5.92 Å². The highest BCUT2D eigenvalue weighted by atomic mass is 35.5. The van der Waals surface area contributed by atoms with Crippen LogP contribution in [0.5, 0.6) is 5.75 Å². The Kier molecular flexibility index (Phi) is 9.89. The lowest BCUT2D eigenvalue weighted by Gasteiger charge is -2.35. The third kappa shape index (κ3) is 6.77. The number of hydrogen-bond donors (Lipinski definition) is 1. The van der Waals surface area contributed by atoms with Crippen molar-refractivity contribution < 1.29 is 37.0 Å². The Morgan fingerprint density at radius 1 is 1.18 bits per heavy atom. The molecule has 0 spiro atoms. The summed E-state index contributed by atoms with van der Waals surface area (Å²) < 4.78 is 61.9. The van der Waals surface area contributed by atoms with Gasteiger partial charge in [-0.3, -0.25) is 9.59 Å². The van der Waals surface area contributed by atoms with E-state index in [9.17, 15) is 27.9 Å². The van der Waals surface area contributed by atoms with E-state index in [-0.39, 0.29) is 34.7 Å². The number of piperidine rings is 1. The van der Waals surface area contributed by atoms with Gasteiger partial charge in [0, 0.05) is 39.8 Å². The maximum atomic E-state index is 15.0. The highest BCUT2D eigenvalue weighted by Crippen LogP contribution is 2.41. The van der Waals surface area contributed by atoms with Crippen molar-refractivity contribution in [3.8, 4) is 5.75 Å². The Labute approximate surface area is 235 Å². The van der Waals surface area contributed by atoms with Gasteiger partial charge in [0.1, 0.15) is 22.9 Å². The van der Waals surface area contributed by atoms with Crippen LogP contribution in [0.2, 0.25) is 5.15 Å². The predicted molar refractivity (Wildman–Crippen MR) is 142 cm³/mol. The molecule has 8 nitrogen and oxygen atoms in total. The smallest absolute Gasteiger partial charge is 0.430 e. The number of amides is 2. The number of carbonyl (C=O) groups excluding carboxylic acids is 2. The quantitative estimate of drug-likeness (QED) is 0.347. The van der Waals surface area contributed by atoms with Gasteiger partial charge in [0.05, 0.1) is 19.2 Å². The molecule has 0 bridgehead atoms. The molecule has 3 rings (SSSR count). The molecule has 1 N–H and O–H groups in total. The second-order valence-corrected chi connectivity index (χ2v) is 10.5. The lowest BCUT2D eigenvalue weighted by Crippen LogP contribution is -2.55. The van der Waals surface area contributed by atoms with E-state index >= 15 is 4.39 Å². The van der Waals surface area contributed by atoms with Gasteiger partial charge in [0.15, 0.2) is 0 Å². The molecule has 2 amide bonds. The largest absolute Gasteiger partial charge is 0.497 e. The van der Waals surface area contributed by atoms with Crippen LogP contribution in [0.15, 0.2) is 36.4 Å². The van der Waals surface area contributed by atoms with Gasteiger partial charge in [0.2, 0.25) is 0 Å². The van der Waals surface area contributed by atoms with Gasteiger partial charge in [-0.1, -0.05) is 23.7 Å². The topological polar surface area (TPSA) is 86.2 Å². The minimum absolute atomic E-state index is 0.0285. The molecule has 0 saturated carbocycles. The van der Waals surface area contributed by atoms with Crippen molar-refractivity contribution in [2.45, 2.75) is 37.2 Å². The summed E-state index contributed by atoms with van der Waals surface area (Å²) in [6, 6.07) is 7.81. The van der Waals surface area contributed by atoms with Crippen molar-refractivity contribution in [1.29, 1.82) is 0 Å². The second-order valence-electron chi connectivity index (χ2n) is 10.1. The summed E-state index contributed by atoms with van der Waals surface area (Å²) in [5.74, 6) is -1.40. The van der Waals surface area contributed by atoms with Crippen LogP contribution < -0.4 is 9.64 Å². The van der Waals surface area contributed by atoms with Gasteiger partial charge in [0.25, 0.3) is 17.4 Å². The molecule has 40 heavy (non-hydrogen) atoms. The highest BCUT2D eigenvalue weighted by molar-refractivity contribution is 6.32. The lowest BCUT2D eigenvalue weighted by molar-refractivity contribution is -0.261. The maximum absolute atomic E-state index is 15.0. The first-order chi connectivity index (χ1) is 18.7. The SMILES string of the molecule is COc1cccc(C(O)(C(=O)N(C)CC(F)CC2CCN(c3ccc(C(=O)N(C)C)c(Cl)n3)CC2)C(F)(F)F)c1. The normalized spacial score (nSPS) is 16.7. The standard InChI is InChI=1S/C27H33ClF4N4O4/c1-34(2)24(37)21-8-9-22(33-23(21)28)36-12-10-17(11-13-36)14-19(29)16-35(3)25(38)26(39,27(30,31)32)18-6-5-7-20(15-18)40-4/h5-9,15,17,19,39H,10-14,16H2,1-4H3. The van der Waals surface area contributed by atoms with E-state index in [2.05, 4.69) is 4.98 Å². The van der Waals surface area contributed by atoms with Crippen LogP contribution >= 0.6 is 11.6 Å². The van der Waals surface area contributed by atoms with E-state index in [0.717, 1.165) is 19.2 Å². The number of ether oxygens (including phenoxy) is 1. The number of aliphatic hydroxyl groups is 1. The average Bonchev–Trinajstić information content (AvgIpc) is 2.91. The zero-order valence-corrected chi connectivity index (χ0v) is 23.5.